The van der Waals surface area contributed by atoms with Crippen molar-refractivity contribution in [2.24, 2.45) is 0 Å². The molecule has 1 aliphatic heterocycles. The van der Waals surface area contributed by atoms with Gasteiger partial charge >= 0.3 is 0 Å². The van der Waals surface area contributed by atoms with Gasteiger partial charge in [-0.1, -0.05) is 41.9 Å². The van der Waals surface area contributed by atoms with Gasteiger partial charge in [-0.25, -0.2) is 4.98 Å². The van der Waals surface area contributed by atoms with Crippen molar-refractivity contribution in [2.75, 3.05) is 51.0 Å². The van der Waals surface area contributed by atoms with E-state index in [-0.39, 0.29) is 5.91 Å². The number of amides is 1. The van der Waals surface area contributed by atoms with Crippen LogP contribution in [0.15, 0.2) is 60.7 Å². The molecular weight excluding hydrogens is 506 g/mol. The number of nitrogens with two attached hydrogens (primary N) is 1. The van der Waals surface area contributed by atoms with E-state index in [1.54, 1.807) is 49.5 Å². The molecule has 0 aliphatic carbocycles. The first-order valence-corrected chi connectivity index (χ1v) is 12.5. The molecule has 4 aromatic rings. The number of nitrogens with zero attached hydrogens (tertiary/aromatic N) is 4. The average Bonchev–Trinajstić information content (AvgIpc) is 2.96. The first kappa shape index (κ1) is 25.4. The van der Waals surface area contributed by atoms with Gasteiger partial charge in [-0.05, 0) is 29.8 Å². The topological polar surface area (TPSA) is 103 Å². The lowest BCUT2D eigenvalue weighted by atomic mass is 10.1. The zero-order chi connectivity index (χ0) is 26.6. The number of fused-ring (bicyclic) bond motifs is 1. The number of carbonyl (C=O) groups is 1. The minimum Gasteiger partial charge on any atom is -0.493 e. The van der Waals surface area contributed by atoms with Crippen molar-refractivity contribution >= 4 is 40.2 Å². The Morgan fingerprint density at radius 3 is 2.32 bits per heavy atom. The third kappa shape index (κ3) is 5.24. The fourth-order valence-corrected chi connectivity index (χ4v) is 4.62. The second kappa shape index (κ2) is 11.0. The Kier molecular flexibility index (Phi) is 7.37. The molecule has 196 valence electrons. The van der Waals surface area contributed by atoms with E-state index >= 15 is 0 Å². The van der Waals surface area contributed by atoms with Crippen LogP contribution in [0.5, 0.6) is 17.2 Å². The average molecular weight is 534 g/mol. The summed E-state index contributed by atoms with van der Waals surface area (Å²) in [5, 5.41) is 1.09. The monoisotopic (exact) mass is 533 g/mol. The molecule has 2 heterocycles. The number of halogens is 1. The van der Waals surface area contributed by atoms with Crippen molar-refractivity contribution in [1.82, 2.24) is 14.9 Å². The number of anilines is 2. The Balaban J connectivity index is 1.24. The van der Waals surface area contributed by atoms with Crippen LogP contribution in [0.25, 0.3) is 10.9 Å². The minimum absolute atomic E-state index is 0.0862. The summed E-state index contributed by atoms with van der Waals surface area (Å²) in [5.74, 6) is 2.45. The summed E-state index contributed by atoms with van der Waals surface area (Å²) in [6, 6.07) is 18.5. The van der Waals surface area contributed by atoms with Crippen LogP contribution in [0.3, 0.4) is 0 Å². The Labute approximate surface area is 225 Å². The van der Waals surface area contributed by atoms with Gasteiger partial charge in [0.15, 0.2) is 11.5 Å². The summed E-state index contributed by atoms with van der Waals surface area (Å²) in [6.45, 7) is 2.55. The molecule has 1 amide bonds. The van der Waals surface area contributed by atoms with Gasteiger partial charge in [0, 0.05) is 43.2 Å². The van der Waals surface area contributed by atoms with Crippen molar-refractivity contribution in [3.8, 4) is 17.2 Å². The minimum atomic E-state index is -0.0862. The van der Waals surface area contributed by atoms with E-state index in [9.17, 15) is 4.79 Å². The molecular formula is C28H28ClN5O4. The van der Waals surface area contributed by atoms with Crippen molar-refractivity contribution in [2.45, 2.75) is 6.61 Å². The second-order valence-electron chi connectivity index (χ2n) is 8.83. The van der Waals surface area contributed by atoms with Crippen molar-refractivity contribution in [3.05, 3.63) is 76.8 Å². The highest BCUT2D eigenvalue weighted by molar-refractivity contribution is 6.32. The molecule has 2 N–H and O–H groups in total. The number of ether oxygens (including phenoxy) is 3. The zero-order valence-corrected chi connectivity index (χ0v) is 21.9. The molecule has 0 atom stereocenters. The van der Waals surface area contributed by atoms with Crippen molar-refractivity contribution in [1.29, 1.82) is 0 Å². The third-order valence-electron chi connectivity index (χ3n) is 6.48. The second-order valence-corrected chi connectivity index (χ2v) is 9.24. The molecule has 0 radical (unpaired) electrons. The number of benzene rings is 3. The molecule has 5 rings (SSSR count). The number of methoxy groups -OCH3 is 2. The van der Waals surface area contributed by atoms with Gasteiger partial charge in [-0.2, -0.15) is 4.98 Å². The molecule has 0 bridgehead atoms. The number of aromatic nitrogens is 2. The maximum Gasteiger partial charge on any atom is 0.254 e. The van der Waals surface area contributed by atoms with E-state index in [1.165, 1.54) is 0 Å². The van der Waals surface area contributed by atoms with E-state index in [4.69, 9.17) is 36.5 Å². The normalized spacial score (nSPS) is 13.4. The van der Waals surface area contributed by atoms with Crippen LogP contribution in [0.1, 0.15) is 15.9 Å². The van der Waals surface area contributed by atoms with Crippen LogP contribution in [0.2, 0.25) is 5.02 Å². The molecule has 1 aliphatic rings. The van der Waals surface area contributed by atoms with Crippen LogP contribution in [-0.4, -0.2) is 61.2 Å². The van der Waals surface area contributed by atoms with Gasteiger partial charge in [0.05, 0.1) is 24.8 Å². The summed E-state index contributed by atoms with van der Waals surface area (Å²) in [6.07, 6.45) is 0. The fraction of sp³-hybridized carbons (Fsp3) is 0.250. The Morgan fingerprint density at radius 2 is 1.63 bits per heavy atom. The van der Waals surface area contributed by atoms with Crippen molar-refractivity contribution < 1.29 is 19.0 Å². The summed E-state index contributed by atoms with van der Waals surface area (Å²) in [7, 11) is 3.14. The zero-order valence-electron chi connectivity index (χ0n) is 21.2. The van der Waals surface area contributed by atoms with E-state index in [2.05, 4.69) is 4.98 Å². The van der Waals surface area contributed by atoms with E-state index < -0.39 is 0 Å². The predicted octanol–water partition coefficient (Wildman–Crippen LogP) is 4.42. The van der Waals surface area contributed by atoms with Gasteiger partial charge in [-0.15, -0.1) is 0 Å². The molecule has 10 heteroatoms. The number of piperazine rings is 1. The van der Waals surface area contributed by atoms with E-state index in [1.807, 2.05) is 35.2 Å². The van der Waals surface area contributed by atoms with Crippen LogP contribution in [-0.2, 0) is 6.61 Å². The lowest BCUT2D eigenvalue weighted by Crippen LogP contribution is -2.49. The highest BCUT2D eigenvalue weighted by atomic mass is 35.5. The Hall–Kier alpha value is -4.24. The molecule has 0 unspecified atom stereocenters. The van der Waals surface area contributed by atoms with Gasteiger partial charge < -0.3 is 29.7 Å². The summed E-state index contributed by atoms with van der Waals surface area (Å²) >= 11 is 6.44. The van der Waals surface area contributed by atoms with Crippen LogP contribution >= 0.6 is 11.6 Å². The van der Waals surface area contributed by atoms with Crippen LogP contribution in [0.4, 0.5) is 11.8 Å². The third-order valence-corrected chi connectivity index (χ3v) is 6.78. The summed E-state index contributed by atoms with van der Waals surface area (Å²) < 4.78 is 16.6. The smallest absolute Gasteiger partial charge is 0.254 e. The molecule has 1 fully saturated rings. The summed E-state index contributed by atoms with van der Waals surface area (Å²) in [4.78, 5) is 26.2. The Bertz CT molecular complexity index is 1460. The SMILES string of the molecule is COc1cc2nc(N3CCN(C(=O)c4ccc(OCc5ccccc5)c(Cl)c4)CC3)nc(N)c2cc1OC. The lowest BCUT2D eigenvalue weighted by molar-refractivity contribution is 0.0746. The highest BCUT2D eigenvalue weighted by Crippen LogP contribution is 2.34. The van der Waals surface area contributed by atoms with E-state index in [0.29, 0.717) is 83.3 Å². The highest BCUT2D eigenvalue weighted by Gasteiger charge is 2.25. The molecule has 1 aromatic heterocycles. The molecule has 9 nitrogen and oxygen atoms in total. The predicted molar refractivity (Wildman–Crippen MR) is 147 cm³/mol. The van der Waals surface area contributed by atoms with Gasteiger partial charge in [-0.3, -0.25) is 4.79 Å². The largest absolute Gasteiger partial charge is 0.493 e. The first-order chi connectivity index (χ1) is 18.5. The number of carbonyl (C=O) groups excluding carboxylic acids is 1. The van der Waals surface area contributed by atoms with E-state index in [0.717, 1.165) is 5.56 Å². The number of hydrogen-bond acceptors (Lipinski definition) is 8. The lowest BCUT2D eigenvalue weighted by Gasteiger charge is -2.35. The van der Waals surface area contributed by atoms with Crippen LogP contribution in [0, 0.1) is 0 Å². The first-order valence-electron chi connectivity index (χ1n) is 12.2. The summed E-state index contributed by atoms with van der Waals surface area (Å²) in [5.41, 5.74) is 8.47. The Morgan fingerprint density at radius 1 is 0.921 bits per heavy atom. The maximum atomic E-state index is 13.2. The molecule has 0 spiro atoms. The van der Waals surface area contributed by atoms with Gasteiger partial charge in [0.2, 0.25) is 5.95 Å². The molecule has 0 saturated carbocycles. The molecule has 38 heavy (non-hydrogen) atoms. The fourth-order valence-electron chi connectivity index (χ4n) is 4.39. The number of rotatable bonds is 7. The molecule has 3 aromatic carbocycles. The standard InChI is InChI=1S/C28H28ClN5O4/c1-36-24-15-20-22(16-25(24)37-2)31-28(32-26(20)30)34-12-10-33(11-13-34)27(35)19-8-9-23(21(29)14-19)38-17-18-6-4-3-5-7-18/h3-9,14-16H,10-13,17H2,1-2H3,(H2,30,31,32). The van der Waals surface area contributed by atoms with Crippen molar-refractivity contribution in [3.63, 3.8) is 0 Å². The number of nitrogen functional groups attached to an aromatic ring is 1. The van der Waals surface area contributed by atoms with Gasteiger partial charge in [0.25, 0.3) is 5.91 Å². The molecule has 1 saturated heterocycles. The van der Waals surface area contributed by atoms with Gasteiger partial charge in [0.1, 0.15) is 18.2 Å². The number of hydrogen-bond donors (Lipinski definition) is 1. The van der Waals surface area contributed by atoms with Crippen LogP contribution < -0.4 is 24.8 Å². The quantitative estimate of drug-likeness (QED) is 0.372. The maximum absolute atomic E-state index is 13.2.